The highest BCUT2D eigenvalue weighted by Crippen LogP contribution is 2.21. The van der Waals surface area contributed by atoms with Crippen LogP contribution in [0.1, 0.15) is 20.3 Å². The highest BCUT2D eigenvalue weighted by molar-refractivity contribution is 4.99. The van der Waals surface area contributed by atoms with Gasteiger partial charge in [-0.15, -0.1) is 0 Å². The quantitative estimate of drug-likeness (QED) is 0.670. The Morgan fingerprint density at radius 1 is 1.38 bits per heavy atom. The topological polar surface area (TPSA) is 29.3 Å². The van der Waals surface area contributed by atoms with E-state index in [4.69, 9.17) is 5.73 Å². The molecule has 1 fully saturated rings. The van der Waals surface area contributed by atoms with Crippen LogP contribution in [0.2, 0.25) is 0 Å². The zero-order chi connectivity index (χ0) is 9.84. The van der Waals surface area contributed by atoms with Crippen molar-refractivity contribution in [2.24, 2.45) is 17.6 Å². The van der Waals surface area contributed by atoms with Gasteiger partial charge in [0.25, 0.3) is 0 Å². The Balaban J connectivity index is 2.37. The van der Waals surface area contributed by atoms with Gasteiger partial charge in [-0.2, -0.15) is 0 Å². The Kier molecular flexibility index (Phi) is 3.94. The van der Waals surface area contributed by atoms with Gasteiger partial charge < -0.3 is 5.73 Å². The van der Waals surface area contributed by atoms with Crippen molar-refractivity contribution in [3.63, 3.8) is 0 Å². The fourth-order valence-electron chi connectivity index (χ4n) is 2.30. The van der Waals surface area contributed by atoms with E-state index in [0.717, 1.165) is 24.0 Å². The van der Waals surface area contributed by atoms with E-state index in [1.165, 1.54) is 19.5 Å². The molecule has 76 valence electrons. The first-order valence-corrected chi connectivity index (χ1v) is 5.21. The molecule has 0 aromatic rings. The van der Waals surface area contributed by atoms with Gasteiger partial charge in [-0.25, -0.2) is 0 Å². The molecule has 0 aliphatic carbocycles. The van der Waals surface area contributed by atoms with Gasteiger partial charge >= 0.3 is 0 Å². The highest BCUT2D eigenvalue weighted by Gasteiger charge is 2.21. The summed E-state index contributed by atoms with van der Waals surface area (Å²) in [6.45, 7) is 12.6. The second-order valence-electron chi connectivity index (χ2n) is 4.59. The Labute approximate surface area is 81.8 Å². The van der Waals surface area contributed by atoms with Crippen molar-refractivity contribution in [3.05, 3.63) is 12.2 Å². The van der Waals surface area contributed by atoms with E-state index in [9.17, 15) is 0 Å². The van der Waals surface area contributed by atoms with Crippen molar-refractivity contribution in [2.75, 3.05) is 26.2 Å². The van der Waals surface area contributed by atoms with E-state index >= 15 is 0 Å². The van der Waals surface area contributed by atoms with Crippen LogP contribution in [0, 0.1) is 11.8 Å². The van der Waals surface area contributed by atoms with E-state index in [0.29, 0.717) is 6.54 Å². The minimum absolute atomic E-state index is 0.624. The Morgan fingerprint density at radius 3 is 2.38 bits per heavy atom. The average Bonchev–Trinajstić information content (AvgIpc) is 2.02. The van der Waals surface area contributed by atoms with Crippen LogP contribution in [0.15, 0.2) is 12.2 Å². The van der Waals surface area contributed by atoms with Gasteiger partial charge in [0.1, 0.15) is 0 Å². The van der Waals surface area contributed by atoms with Crippen molar-refractivity contribution in [2.45, 2.75) is 20.3 Å². The van der Waals surface area contributed by atoms with Crippen molar-refractivity contribution in [3.8, 4) is 0 Å². The van der Waals surface area contributed by atoms with Gasteiger partial charge in [0, 0.05) is 26.2 Å². The number of rotatable bonds is 3. The van der Waals surface area contributed by atoms with E-state index in [1.54, 1.807) is 0 Å². The van der Waals surface area contributed by atoms with Crippen LogP contribution in [0.3, 0.4) is 0 Å². The summed E-state index contributed by atoms with van der Waals surface area (Å²) < 4.78 is 0. The molecule has 0 spiro atoms. The molecule has 0 saturated carbocycles. The summed E-state index contributed by atoms with van der Waals surface area (Å²) >= 11 is 0. The van der Waals surface area contributed by atoms with Crippen LogP contribution in [-0.4, -0.2) is 31.1 Å². The van der Waals surface area contributed by atoms with Crippen molar-refractivity contribution >= 4 is 0 Å². The molecule has 0 aromatic heterocycles. The molecule has 0 aromatic carbocycles. The molecular formula is C11H22N2. The van der Waals surface area contributed by atoms with E-state index < -0.39 is 0 Å². The third kappa shape index (κ3) is 3.49. The van der Waals surface area contributed by atoms with Gasteiger partial charge in [0.2, 0.25) is 0 Å². The third-order valence-corrected chi connectivity index (χ3v) is 2.68. The van der Waals surface area contributed by atoms with E-state index in [-0.39, 0.29) is 0 Å². The summed E-state index contributed by atoms with van der Waals surface area (Å²) in [7, 11) is 0. The minimum Gasteiger partial charge on any atom is -0.327 e. The normalized spacial score (nSPS) is 30.4. The second kappa shape index (κ2) is 4.77. The van der Waals surface area contributed by atoms with Crippen LogP contribution in [0.5, 0.6) is 0 Å². The lowest BCUT2D eigenvalue weighted by atomic mass is 9.92. The summed E-state index contributed by atoms with van der Waals surface area (Å²) in [5.41, 5.74) is 6.69. The second-order valence-corrected chi connectivity index (χ2v) is 4.59. The van der Waals surface area contributed by atoms with Crippen molar-refractivity contribution in [1.82, 2.24) is 4.90 Å². The maximum atomic E-state index is 5.53. The number of nitrogens with two attached hydrogens (primary N) is 1. The summed E-state index contributed by atoms with van der Waals surface area (Å²) in [6.07, 6.45) is 1.37. The lowest BCUT2D eigenvalue weighted by Crippen LogP contribution is -2.40. The third-order valence-electron chi connectivity index (χ3n) is 2.68. The van der Waals surface area contributed by atoms with Gasteiger partial charge in [0.15, 0.2) is 0 Å². The molecule has 1 aliphatic heterocycles. The molecule has 0 radical (unpaired) electrons. The molecule has 2 unspecified atom stereocenters. The van der Waals surface area contributed by atoms with Gasteiger partial charge in [-0.1, -0.05) is 20.4 Å². The van der Waals surface area contributed by atoms with Gasteiger partial charge in [-0.3, -0.25) is 4.90 Å². The van der Waals surface area contributed by atoms with E-state index in [1.807, 2.05) is 0 Å². The van der Waals surface area contributed by atoms with Gasteiger partial charge in [0.05, 0.1) is 0 Å². The minimum atomic E-state index is 0.624. The number of nitrogens with zero attached hydrogens (tertiary/aromatic N) is 1. The summed E-state index contributed by atoms with van der Waals surface area (Å²) in [6, 6.07) is 0. The maximum absolute atomic E-state index is 5.53. The zero-order valence-corrected chi connectivity index (χ0v) is 8.92. The largest absolute Gasteiger partial charge is 0.327 e. The number of likely N-dealkylation sites (tertiary alicyclic amines) is 1. The molecule has 1 heterocycles. The molecule has 1 aliphatic rings. The molecule has 1 rings (SSSR count). The Hall–Kier alpha value is -0.340. The lowest BCUT2D eigenvalue weighted by Gasteiger charge is -2.35. The number of piperidine rings is 1. The molecule has 2 heteroatoms. The Morgan fingerprint density at radius 2 is 1.92 bits per heavy atom. The van der Waals surface area contributed by atoms with Crippen LogP contribution < -0.4 is 5.73 Å². The molecule has 2 N–H and O–H groups in total. The lowest BCUT2D eigenvalue weighted by molar-refractivity contribution is 0.152. The molecule has 0 bridgehead atoms. The monoisotopic (exact) mass is 182 g/mol. The molecular weight excluding hydrogens is 160 g/mol. The first kappa shape index (κ1) is 10.7. The van der Waals surface area contributed by atoms with Crippen molar-refractivity contribution < 1.29 is 0 Å². The number of hydrogen-bond donors (Lipinski definition) is 1. The van der Waals surface area contributed by atoms with Crippen LogP contribution in [0.25, 0.3) is 0 Å². The summed E-state index contributed by atoms with van der Waals surface area (Å²) in [4.78, 5) is 2.48. The first-order chi connectivity index (χ1) is 6.11. The summed E-state index contributed by atoms with van der Waals surface area (Å²) in [5, 5.41) is 0. The predicted molar refractivity (Wildman–Crippen MR) is 57.6 cm³/mol. The smallest absolute Gasteiger partial charge is 0.0202 e. The fraction of sp³-hybridized carbons (Fsp3) is 0.818. The summed E-state index contributed by atoms with van der Waals surface area (Å²) in [5.74, 6) is 1.66. The van der Waals surface area contributed by atoms with E-state index in [2.05, 4.69) is 25.3 Å². The fourth-order valence-corrected chi connectivity index (χ4v) is 2.30. The first-order valence-electron chi connectivity index (χ1n) is 5.21. The average molecular weight is 182 g/mol. The maximum Gasteiger partial charge on any atom is 0.0202 e. The molecule has 1 saturated heterocycles. The van der Waals surface area contributed by atoms with Crippen LogP contribution in [-0.2, 0) is 0 Å². The predicted octanol–water partition coefficient (Wildman–Crippen LogP) is 1.48. The SMILES string of the molecule is C=C(CN)CN1CC(C)CC(C)C1. The molecule has 0 amide bonds. The zero-order valence-electron chi connectivity index (χ0n) is 8.92. The van der Waals surface area contributed by atoms with Crippen molar-refractivity contribution in [1.29, 1.82) is 0 Å². The van der Waals surface area contributed by atoms with Crippen LogP contribution >= 0.6 is 0 Å². The van der Waals surface area contributed by atoms with Gasteiger partial charge in [-0.05, 0) is 23.8 Å². The molecule has 13 heavy (non-hydrogen) atoms. The van der Waals surface area contributed by atoms with Crippen LogP contribution in [0.4, 0.5) is 0 Å². The molecule has 2 atom stereocenters. The number of hydrogen-bond acceptors (Lipinski definition) is 2. The Bertz CT molecular complexity index is 167. The molecule has 2 nitrogen and oxygen atoms in total. The highest BCUT2D eigenvalue weighted by atomic mass is 15.1. The standard InChI is InChI=1S/C11H22N2/c1-9-4-10(2)7-13(6-9)8-11(3)5-12/h9-10H,3-8,12H2,1-2H3.